The highest BCUT2D eigenvalue weighted by molar-refractivity contribution is 5.27. The van der Waals surface area contributed by atoms with Crippen molar-refractivity contribution in [3.8, 4) is 0 Å². The van der Waals surface area contributed by atoms with Gasteiger partial charge in [0, 0.05) is 12.6 Å². The summed E-state index contributed by atoms with van der Waals surface area (Å²) in [5.74, 6) is 0.0319. The van der Waals surface area contributed by atoms with Gasteiger partial charge in [-0.2, -0.15) is 0 Å². The van der Waals surface area contributed by atoms with Gasteiger partial charge in [-0.15, -0.1) is 0 Å². The van der Waals surface area contributed by atoms with Crippen molar-refractivity contribution in [3.63, 3.8) is 0 Å². The first-order chi connectivity index (χ1) is 13.1. The first kappa shape index (κ1) is 20.0. The molecule has 1 aliphatic rings. The molecule has 3 heteroatoms. The second kappa shape index (κ2) is 9.45. The number of benzene rings is 2. The van der Waals surface area contributed by atoms with E-state index >= 15 is 0 Å². The van der Waals surface area contributed by atoms with Crippen molar-refractivity contribution in [2.75, 3.05) is 6.54 Å². The SMILES string of the molecule is CCN(Cc1ccccc1)C(C)CCc1ccc(C2CC(F)C(F)C2)cc1. The van der Waals surface area contributed by atoms with Crippen LogP contribution in [0.1, 0.15) is 55.7 Å². The highest BCUT2D eigenvalue weighted by Gasteiger charge is 2.35. The van der Waals surface area contributed by atoms with Gasteiger partial charge in [0.1, 0.15) is 12.3 Å². The third-order valence-electron chi connectivity index (χ3n) is 5.97. The fourth-order valence-corrected chi connectivity index (χ4v) is 4.12. The molecule has 0 bridgehead atoms. The molecule has 3 atom stereocenters. The van der Waals surface area contributed by atoms with Gasteiger partial charge in [-0.3, -0.25) is 4.90 Å². The fourth-order valence-electron chi connectivity index (χ4n) is 4.12. The van der Waals surface area contributed by atoms with Crippen LogP contribution < -0.4 is 0 Å². The first-order valence-electron chi connectivity index (χ1n) is 10.2. The van der Waals surface area contributed by atoms with Crippen LogP contribution in [0.15, 0.2) is 54.6 Å². The van der Waals surface area contributed by atoms with Gasteiger partial charge in [0.05, 0.1) is 0 Å². The van der Waals surface area contributed by atoms with Crippen molar-refractivity contribution < 1.29 is 8.78 Å². The molecule has 1 aliphatic carbocycles. The second-order valence-electron chi connectivity index (χ2n) is 7.88. The van der Waals surface area contributed by atoms with Crippen LogP contribution in [0.4, 0.5) is 8.78 Å². The summed E-state index contributed by atoms with van der Waals surface area (Å²) in [5, 5.41) is 0. The molecule has 1 saturated carbocycles. The van der Waals surface area contributed by atoms with Gasteiger partial charge in [-0.05, 0) is 61.8 Å². The maximum absolute atomic E-state index is 13.4. The Morgan fingerprint density at radius 2 is 1.56 bits per heavy atom. The molecule has 0 saturated heterocycles. The zero-order valence-electron chi connectivity index (χ0n) is 16.5. The molecule has 1 fully saturated rings. The van der Waals surface area contributed by atoms with Gasteiger partial charge in [0.25, 0.3) is 0 Å². The van der Waals surface area contributed by atoms with E-state index in [1.165, 1.54) is 11.1 Å². The molecular weight excluding hydrogens is 340 g/mol. The standard InChI is InChI=1S/C24H31F2N/c1-3-27(17-20-7-5-4-6-8-20)18(2)9-10-19-11-13-21(14-12-19)22-15-23(25)24(26)16-22/h4-8,11-14,18,22-24H,3,9-10,15-17H2,1-2H3. The largest absolute Gasteiger partial charge is 0.297 e. The third-order valence-corrected chi connectivity index (χ3v) is 5.97. The zero-order valence-corrected chi connectivity index (χ0v) is 16.5. The monoisotopic (exact) mass is 371 g/mol. The van der Waals surface area contributed by atoms with Crippen molar-refractivity contribution in [3.05, 3.63) is 71.3 Å². The predicted molar refractivity (Wildman–Crippen MR) is 109 cm³/mol. The lowest BCUT2D eigenvalue weighted by atomic mass is 9.95. The van der Waals surface area contributed by atoms with Gasteiger partial charge >= 0.3 is 0 Å². The number of aryl methyl sites for hydroxylation is 1. The molecule has 2 aromatic carbocycles. The summed E-state index contributed by atoms with van der Waals surface area (Å²) in [6.07, 6.45) is 0.183. The summed E-state index contributed by atoms with van der Waals surface area (Å²) in [5.41, 5.74) is 3.73. The van der Waals surface area contributed by atoms with Crippen molar-refractivity contribution in [2.45, 2.75) is 70.4 Å². The Kier molecular flexibility index (Phi) is 7.01. The van der Waals surface area contributed by atoms with Gasteiger partial charge in [-0.25, -0.2) is 8.78 Å². The third kappa shape index (κ3) is 5.38. The summed E-state index contributed by atoms with van der Waals surface area (Å²) in [7, 11) is 0. The van der Waals surface area contributed by atoms with Crippen LogP contribution in [-0.2, 0) is 13.0 Å². The minimum Gasteiger partial charge on any atom is -0.297 e. The van der Waals surface area contributed by atoms with E-state index < -0.39 is 12.3 Å². The van der Waals surface area contributed by atoms with E-state index in [9.17, 15) is 8.78 Å². The molecule has 3 unspecified atom stereocenters. The van der Waals surface area contributed by atoms with E-state index in [0.717, 1.165) is 31.5 Å². The molecule has 3 rings (SSSR count). The molecule has 0 N–H and O–H groups in total. The Morgan fingerprint density at radius 3 is 2.15 bits per heavy atom. The number of rotatable bonds is 8. The van der Waals surface area contributed by atoms with Crippen molar-refractivity contribution in [1.82, 2.24) is 4.90 Å². The van der Waals surface area contributed by atoms with Gasteiger partial charge in [0.15, 0.2) is 0 Å². The summed E-state index contributed by atoms with van der Waals surface area (Å²) >= 11 is 0. The van der Waals surface area contributed by atoms with E-state index in [-0.39, 0.29) is 5.92 Å². The lowest BCUT2D eigenvalue weighted by Gasteiger charge is -2.28. The molecule has 0 radical (unpaired) electrons. The van der Waals surface area contributed by atoms with Gasteiger partial charge in [-0.1, -0.05) is 61.5 Å². The topological polar surface area (TPSA) is 3.24 Å². The van der Waals surface area contributed by atoms with Gasteiger partial charge in [0.2, 0.25) is 0 Å². The highest BCUT2D eigenvalue weighted by Crippen LogP contribution is 2.38. The van der Waals surface area contributed by atoms with Crippen LogP contribution in [0.3, 0.4) is 0 Å². The Labute approximate surface area is 162 Å². The van der Waals surface area contributed by atoms with E-state index in [1.807, 2.05) is 0 Å². The molecule has 1 nitrogen and oxygen atoms in total. The summed E-state index contributed by atoms with van der Waals surface area (Å²) in [6, 6.07) is 19.5. The van der Waals surface area contributed by atoms with Crippen LogP contribution in [-0.4, -0.2) is 29.8 Å². The molecule has 27 heavy (non-hydrogen) atoms. The Balaban J connectivity index is 1.51. The summed E-state index contributed by atoms with van der Waals surface area (Å²) < 4.78 is 26.9. The smallest absolute Gasteiger partial charge is 0.132 e. The normalized spacial score (nSPS) is 23.7. The lowest BCUT2D eigenvalue weighted by Crippen LogP contribution is -2.32. The fraction of sp³-hybridized carbons (Fsp3) is 0.500. The average molecular weight is 372 g/mol. The lowest BCUT2D eigenvalue weighted by molar-refractivity contribution is 0.199. The highest BCUT2D eigenvalue weighted by atomic mass is 19.2. The Hall–Kier alpha value is -1.74. The van der Waals surface area contributed by atoms with E-state index in [4.69, 9.17) is 0 Å². The average Bonchev–Trinajstić information content (AvgIpc) is 3.04. The van der Waals surface area contributed by atoms with Crippen LogP contribution in [0.25, 0.3) is 0 Å². The van der Waals surface area contributed by atoms with Crippen LogP contribution in [0, 0.1) is 0 Å². The molecule has 0 spiro atoms. The van der Waals surface area contributed by atoms with Crippen molar-refractivity contribution in [2.24, 2.45) is 0 Å². The molecule has 2 aromatic rings. The minimum absolute atomic E-state index is 0.0319. The first-order valence-corrected chi connectivity index (χ1v) is 10.2. The zero-order chi connectivity index (χ0) is 19.2. The van der Waals surface area contributed by atoms with Crippen LogP contribution in [0.5, 0.6) is 0 Å². The van der Waals surface area contributed by atoms with Gasteiger partial charge < -0.3 is 0 Å². The summed E-state index contributed by atoms with van der Waals surface area (Å²) in [4.78, 5) is 2.50. The summed E-state index contributed by atoms with van der Waals surface area (Å²) in [6.45, 7) is 6.52. The predicted octanol–water partition coefficient (Wildman–Crippen LogP) is 6.08. The van der Waals surface area contributed by atoms with E-state index in [1.54, 1.807) is 0 Å². The number of halogens is 2. The number of hydrogen-bond acceptors (Lipinski definition) is 1. The van der Waals surface area contributed by atoms with E-state index in [2.05, 4.69) is 73.3 Å². The minimum atomic E-state index is -1.29. The van der Waals surface area contributed by atoms with Crippen LogP contribution >= 0.6 is 0 Å². The Bertz CT molecular complexity index is 675. The molecule has 146 valence electrons. The maximum atomic E-state index is 13.4. The number of nitrogens with zero attached hydrogens (tertiary/aromatic N) is 1. The molecule has 0 heterocycles. The Morgan fingerprint density at radius 1 is 0.926 bits per heavy atom. The van der Waals surface area contributed by atoms with E-state index in [0.29, 0.717) is 18.9 Å². The molecular formula is C24H31F2N. The maximum Gasteiger partial charge on any atom is 0.132 e. The molecule has 0 aliphatic heterocycles. The number of alkyl halides is 2. The number of hydrogen-bond donors (Lipinski definition) is 0. The molecule has 0 amide bonds. The quantitative estimate of drug-likeness (QED) is 0.543. The molecule has 0 aromatic heterocycles. The van der Waals surface area contributed by atoms with Crippen molar-refractivity contribution in [1.29, 1.82) is 0 Å². The van der Waals surface area contributed by atoms with Crippen LogP contribution in [0.2, 0.25) is 0 Å². The second-order valence-corrected chi connectivity index (χ2v) is 7.88. The van der Waals surface area contributed by atoms with Crippen molar-refractivity contribution >= 4 is 0 Å².